The molecule has 0 aliphatic heterocycles. The van der Waals surface area contributed by atoms with Crippen LogP contribution in [0.4, 0.5) is 15.8 Å². The molecular formula is C22H30FN3O. The molecule has 0 saturated heterocycles. The Morgan fingerprint density at radius 1 is 1.07 bits per heavy atom. The number of carbonyl (C=O) groups excluding carboxylic acids is 1. The Labute approximate surface area is 161 Å². The van der Waals surface area contributed by atoms with Crippen molar-refractivity contribution in [2.45, 2.75) is 39.8 Å². The predicted octanol–water partition coefficient (Wildman–Crippen LogP) is 4.44. The zero-order chi connectivity index (χ0) is 20.0. The van der Waals surface area contributed by atoms with Gasteiger partial charge in [0.05, 0.1) is 0 Å². The number of halogens is 1. The average molecular weight is 372 g/mol. The zero-order valence-electron chi connectivity index (χ0n) is 16.7. The van der Waals surface area contributed by atoms with Crippen LogP contribution in [0.2, 0.25) is 0 Å². The van der Waals surface area contributed by atoms with Gasteiger partial charge in [0.2, 0.25) is 5.91 Å². The van der Waals surface area contributed by atoms with Crippen molar-refractivity contribution in [2.75, 3.05) is 24.7 Å². The van der Waals surface area contributed by atoms with Crippen LogP contribution < -0.4 is 10.6 Å². The fourth-order valence-electron chi connectivity index (χ4n) is 3.34. The molecule has 0 atom stereocenters. The molecule has 0 aliphatic rings. The number of amides is 1. The van der Waals surface area contributed by atoms with Crippen LogP contribution in [0.5, 0.6) is 0 Å². The number of nitrogens with two attached hydrogens (primary N) is 1. The van der Waals surface area contributed by atoms with E-state index in [1.807, 2.05) is 62.0 Å². The van der Waals surface area contributed by atoms with Crippen LogP contribution in [-0.2, 0) is 17.9 Å². The van der Waals surface area contributed by atoms with Gasteiger partial charge in [0.25, 0.3) is 0 Å². The van der Waals surface area contributed by atoms with Crippen molar-refractivity contribution in [1.82, 2.24) is 4.90 Å². The predicted molar refractivity (Wildman–Crippen MR) is 110 cm³/mol. The van der Waals surface area contributed by atoms with Crippen molar-refractivity contribution < 1.29 is 9.18 Å². The van der Waals surface area contributed by atoms with Crippen LogP contribution >= 0.6 is 0 Å². The number of benzene rings is 2. The molecule has 0 saturated carbocycles. The van der Waals surface area contributed by atoms with Crippen molar-refractivity contribution >= 4 is 17.3 Å². The van der Waals surface area contributed by atoms with Crippen LogP contribution in [0.3, 0.4) is 0 Å². The fraction of sp³-hybridized carbons (Fsp3) is 0.409. The Kier molecular flexibility index (Phi) is 7.22. The minimum absolute atomic E-state index is 0.0394. The van der Waals surface area contributed by atoms with Gasteiger partial charge in [0.1, 0.15) is 5.82 Å². The van der Waals surface area contributed by atoms with Crippen LogP contribution in [0, 0.1) is 11.7 Å². The highest BCUT2D eigenvalue weighted by atomic mass is 19.1. The van der Waals surface area contributed by atoms with E-state index in [0.29, 0.717) is 18.8 Å². The summed E-state index contributed by atoms with van der Waals surface area (Å²) in [5.41, 5.74) is 9.44. The summed E-state index contributed by atoms with van der Waals surface area (Å²) in [7, 11) is 3.93. The lowest BCUT2D eigenvalue weighted by molar-refractivity contribution is -0.137. The van der Waals surface area contributed by atoms with E-state index in [2.05, 4.69) is 0 Å². The lowest BCUT2D eigenvalue weighted by Crippen LogP contribution is -2.35. The Hall–Kier alpha value is -2.56. The molecule has 2 aromatic carbocycles. The third kappa shape index (κ3) is 5.46. The number of anilines is 2. The summed E-state index contributed by atoms with van der Waals surface area (Å²) in [4.78, 5) is 17.0. The zero-order valence-corrected chi connectivity index (χ0v) is 16.7. The number of nitrogens with zero attached hydrogens (tertiary/aromatic N) is 2. The first-order chi connectivity index (χ1) is 12.8. The maximum atomic E-state index is 13.6. The van der Waals surface area contributed by atoms with Crippen molar-refractivity contribution in [3.8, 4) is 0 Å². The number of carbonyl (C=O) groups is 1. The summed E-state index contributed by atoms with van der Waals surface area (Å²) in [5.74, 6) is -0.237. The van der Waals surface area contributed by atoms with E-state index in [0.717, 1.165) is 29.7 Å². The molecule has 0 bridgehead atoms. The molecule has 0 spiro atoms. The molecule has 146 valence electrons. The van der Waals surface area contributed by atoms with Gasteiger partial charge in [-0.25, -0.2) is 4.39 Å². The highest BCUT2D eigenvalue weighted by Crippen LogP contribution is 2.25. The quantitative estimate of drug-likeness (QED) is 0.698. The van der Waals surface area contributed by atoms with E-state index in [1.165, 1.54) is 12.1 Å². The molecule has 5 heteroatoms. The highest BCUT2D eigenvalue weighted by Gasteiger charge is 2.23. The molecule has 27 heavy (non-hydrogen) atoms. The normalized spacial score (nSPS) is 10.9. The monoisotopic (exact) mass is 371 g/mol. The first kappa shape index (κ1) is 20.7. The summed E-state index contributed by atoms with van der Waals surface area (Å²) in [6.07, 6.45) is 1.57. The summed E-state index contributed by atoms with van der Waals surface area (Å²) in [6.45, 7) is 4.86. The minimum Gasteiger partial charge on any atom is -0.399 e. The molecule has 2 aromatic rings. The van der Waals surface area contributed by atoms with Gasteiger partial charge in [0.15, 0.2) is 0 Å². The highest BCUT2D eigenvalue weighted by molar-refractivity contribution is 5.79. The number of hydrogen-bond acceptors (Lipinski definition) is 3. The maximum Gasteiger partial charge on any atom is 0.226 e. The minimum atomic E-state index is -0.291. The second-order valence-electron chi connectivity index (χ2n) is 7.12. The van der Waals surface area contributed by atoms with Crippen LogP contribution in [0.15, 0.2) is 42.5 Å². The first-order valence-corrected chi connectivity index (χ1v) is 9.44. The molecule has 0 heterocycles. The molecule has 2 N–H and O–H groups in total. The van der Waals surface area contributed by atoms with E-state index >= 15 is 0 Å². The molecule has 4 nitrogen and oxygen atoms in total. The van der Waals surface area contributed by atoms with Gasteiger partial charge in [-0.05, 0) is 54.3 Å². The second kappa shape index (κ2) is 9.40. The maximum absolute atomic E-state index is 13.6. The van der Waals surface area contributed by atoms with E-state index in [4.69, 9.17) is 5.73 Å². The largest absolute Gasteiger partial charge is 0.399 e. The Bertz CT molecular complexity index is 772. The van der Waals surface area contributed by atoms with E-state index < -0.39 is 0 Å². The summed E-state index contributed by atoms with van der Waals surface area (Å²) in [5, 5.41) is 0. The van der Waals surface area contributed by atoms with Gasteiger partial charge in [-0.15, -0.1) is 0 Å². The molecule has 2 rings (SSSR count). The molecule has 0 aromatic heterocycles. The third-order valence-corrected chi connectivity index (χ3v) is 4.86. The average Bonchev–Trinajstić information content (AvgIpc) is 2.62. The van der Waals surface area contributed by atoms with Crippen molar-refractivity contribution in [3.05, 3.63) is 59.4 Å². The van der Waals surface area contributed by atoms with Crippen LogP contribution in [-0.4, -0.2) is 24.9 Å². The molecule has 0 aliphatic carbocycles. The SMILES string of the molecule is CCC(CC)C(=O)N(Cc1cccc(F)c1)Cc1cc(N)ccc1N(C)C. The van der Waals surface area contributed by atoms with Crippen molar-refractivity contribution in [3.63, 3.8) is 0 Å². The number of hydrogen-bond donors (Lipinski definition) is 1. The number of nitrogen functional groups attached to an aromatic ring is 1. The topological polar surface area (TPSA) is 49.6 Å². The molecule has 0 unspecified atom stereocenters. The van der Waals surface area contributed by atoms with Gasteiger partial charge in [0, 0.05) is 44.5 Å². The first-order valence-electron chi connectivity index (χ1n) is 9.44. The number of rotatable bonds is 8. The molecule has 0 fully saturated rings. The lowest BCUT2D eigenvalue weighted by atomic mass is 10.0. The second-order valence-corrected chi connectivity index (χ2v) is 7.12. The molecular weight excluding hydrogens is 341 g/mol. The van der Waals surface area contributed by atoms with Crippen LogP contribution in [0.25, 0.3) is 0 Å². The summed E-state index contributed by atoms with van der Waals surface area (Å²) < 4.78 is 13.6. The van der Waals surface area contributed by atoms with Gasteiger partial charge in [-0.1, -0.05) is 26.0 Å². The lowest BCUT2D eigenvalue weighted by Gasteiger charge is -2.29. The summed E-state index contributed by atoms with van der Waals surface area (Å²) in [6, 6.07) is 12.2. The van der Waals surface area contributed by atoms with Gasteiger partial charge in [-0.2, -0.15) is 0 Å². The third-order valence-electron chi connectivity index (χ3n) is 4.86. The van der Waals surface area contributed by atoms with Crippen LogP contribution in [0.1, 0.15) is 37.8 Å². The van der Waals surface area contributed by atoms with Gasteiger partial charge >= 0.3 is 0 Å². The van der Waals surface area contributed by atoms with Crippen molar-refractivity contribution in [1.29, 1.82) is 0 Å². The Morgan fingerprint density at radius 2 is 1.78 bits per heavy atom. The summed E-state index contributed by atoms with van der Waals surface area (Å²) >= 11 is 0. The molecule has 0 radical (unpaired) electrons. The smallest absolute Gasteiger partial charge is 0.226 e. The van der Waals surface area contributed by atoms with Crippen molar-refractivity contribution in [2.24, 2.45) is 5.92 Å². The molecule has 1 amide bonds. The fourth-order valence-corrected chi connectivity index (χ4v) is 3.34. The van der Waals surface area contributed by atoms with E-state index in [1.54, 1.807) is 6.07 Å². The Balaban J connectivity index is 2.37. The standard InChI is InChI=1S/C22H30FN3O/c1-5-17(6-2)22(27)26(14-16-8-7-9-19(23)12-16)15-18-13-20(24)10-11-21(18)25(3)4/h7-13,17H,5-6,14-15,24H2,1-4H3. The van der Waals surface area contributed by atoms with E-state index in [9.17, 15) is 9.18 Å². The Morgan fingerprint density at radius 3 is 2.37 bits per heavy atom. The van der Waals surface area contributed by atoms with E-state index in [-0.39, 0.29) is 17.6 Å². The van der Waals surface area contributed by atoms with Gasteiger partial charge in [-0.3, -0.25) is 4.79 Å². The van der Waals surface area contributed by atoms with Gasteiger partial charge < -0.3 is 15.5 Å².